The summed E-state index contributed by atoms with van der Waals surface area (Å²) in [6.45, 7) is 10.5. The predicted molar refractivity (Wildman–Crippen MR) is 76.5 cm³/mol. The number of hydrogen-bond donors (Lipinski definition) is 1. The largest absolute Gasteiger partial charge is 0.333 e. The first-order valence-corrected chi connectivity index (χ1v) is 7.22. The molecular formula is C14H28N4. The first-order valence-electron chi connectivity index (χ1n) is 7.22. The quantitative estimate of drug-likeness (QED) is 0.734. The maximum absolute atomic E-state index is 6.01. The summed E-state index contributed by atoms with van der Waals surface area (Å²) in [4.78, 5) is 6.78. The minimum absolute atomic E-state index is 0.305. The SMILES string of the molecule is CCCN(CCC)C(CN)c1cncn1CCC. The molecule has 18 heavy (non-hydrogen) atoms. The number of nitrogens with two attached hydrogens (primary N) is 1. The fraction of sp³-hybridized carbons (Fsp3) is 0.786. The van der Waals surface area contributed by atoms with Crippen LogP contribution in [0.4, 0.5) is 0 Å². The van der Waals surface area contributed by atoms with Crippen LogP contribution in [0.1, 0.15) is 51.8 Å². The number of hydrogen-bond acceptors (Lipinski definition) is 3. The number of aromatic nitrogens is 2. The van der Waals surface area contributed by atoms with Gasteiger partial charge in [-0.05, 0) is 32.4 Å². The van der Waals surface area contributed by atoms with Crippen molar-refractivity contribution in [3.8, 4) is 0 Å². The Hall–Kier alpha value is -0.870. The topological polar surface area (TPSA) is 47.1 Å². The van der Waals surface area contributed by atoms with Crippen molar-refractivity contribution in [3.63, 3.8) is 0 Å². The van der Waals surface area contributed by atoms with Gasteiger partial charge in [0, 0.05) is 19.3 Å². The fourth-order valence-electron chi connectivity index (χ4n) is 2.49. The Kier molecular flexibility index (Phi) is 6.98. The van der Waals surface area contributed by atoms with Crippen molar-refractivity contribution in [1.29, 1.82) is 0 Å². The summed E-state index contributed by atoms with van der Waals surface area (Å²) in [5.41, 5.74) is 7.27. The van der Waals surface area contributed by atoms with Gasteiger partial charge in [0.05, 0.1) is 18.1 Å². The van der Waals surface area contributed by atoms with Crippen molar-refractivity contribution in [2.75, 3.05) is 19.6 Å². The van der Waals surface area contributed by atoms with Gasteiger partial charge in [0.15, 0.2) is 0 Å². The Morgan fingerprint density at radius 3 is 2.39 bits per heavy atom. The fourth-order valence-corrected chi connectivity index (χ4v) is 2.49. The lowest BCUT2D eigenvalue weighted by Crippen LogP contribution is -2.36. The molecule has 1 aromatic rings. The highest BCUT2D eigenvalue weighted by Crippen LogP contribution is 2.20. The van der Waals surface area contributed by atoms with Crippen LogP contribution in [0.3, 0.4) is 0 Å². The summed E-state index contributed by atoms with van der Waals surface area (Å²) in [5.74, 6) is 0. The van der Waals surface area contributed by atoms with E-state index in [0.717, 1.165) is 26.1 Å². The molecule has 4 nitrogen and oxygen atoms in total. The number of nitrogens with zero attached hydrogens (tertiary/aromatic N) is 3. The van der Waals surface area contributed by atoms with Crippen molar-refractivity contribution >= 4 is 0 Å². The zero-order valence-corrected chi connectivity index (χ0v) is 12.1. The first-order chi connectivity index (χ1) is 8.78. The van der Waals surface area contributed by atoms with Gasteiger partial charge in [0.1, 0.15) is 0 Å². The molecule has 0 aliphatic heterocycles. The van der Waals surface area contributed by atoms with E-state index in [4.69, 9.17) is 5.73 Å². The van der Waals surface area contributed by atoms with E-state index >= 15 is 0 Å². The first kappa shape index (κ1) is 15.2. The van der Waals surface area contributed by atoms with E-state index in [1.165, 1.54) is 18.5 Å². The molecule has 104 valence electrons. The minimum Gasteiger partial charge on any atom is -0.333 e. The second-order valence-electron chi connectivity index (χ2n) is 4.80. The average molecular weight is 252 g/mol. The predicted octanol–water partition coefficient (Wildman–Crippen LogP) is 2.41. The van der Waals surface area contributed by atoms with Crippen LogP contribution >= 0.6 is 0 Å². The van der Waals surface area contributed by atoms with Crippen LogP contribution in [-0.4, -0.2) is 34.1 Å². The van der Waals surface area contributed by atoms with E-state index in [2.05, 4.69) is 35.2 Å². The summed E-state index contributed by atoms with van der Waals surface area (Å²) < 4.78 is 2.25. The van der Waals surface area contributed by atoms with E-state index in [9.17, 15) is 0 Å². The van der Waals surface area contributed by atoms with E-state index in [1.54, 1.807) is 0 Å². The average Bonchev–Trinajstić information content (AvgIpc) is 2.80. The summed E-state index contributed by atoms with van der Waals surface area (Å²) in [6.07, 6.45) is 7.36. The number of imidazole rings is 1. The molecule has 2 N–H and O–H groups in total. The van der Waals surface area contributed by atoms with E-state index in [-0.39, 0.29) is 0 Å². The molecule has 0 fully saturated rings. The lowest BCUT2D eigenvalue weighted by molar-refractivity contribution is 0.194. The molecule has 0 aliphatic carbocycles. The Morgan fingerprint density at radius 2 is 1.89 bits per heavy atom. The van der Waals surface area contributed by atoms with E-state index in [1.807, 2.05) is 12.5 Å². The van der Waals surface area contributed by atoms with Gasteiger partial charge in [-0.25, -0.2) is 4.98 Å². The molecule has 1 unspecified atom stereocenters. The van der Waals surface area contributed by atoms with Crippen molar-refractivity contribution in [1.82, 2.24) is 14.5 Å². The minimum atomic E-state index is 0.305. The van der Waals surface area contributed by atoms with Crippen LogP contribution in [0.2, 0.25) is 0 Å². The smallest absolute Gasteiger partial charge is 0.0948 e. The van der Waals surface area contributed by atoms with Gasteiger partial charge in [-0.3, -0.25) is 4.90 Å². The highest BCUT2D eigenvalue weighted by Gasteiger charge is 2.20. The van der Waals surface area contributed by atoms with Crippen molar-refractivity contribution in [2.24, 2.45) is 5.73 Å². The van der Waals surface area contributed by atoms with Crippen LogP contribution in [0.15, 0.2) is 12.5 Å². The lowest BCUT2D eigenvalue weighted by atomic mass is 10.1. The molecule has 0 bridgehead atoms. The summed E-state index contributed by atoms with van der Waals surface area (Å²) in [5, 5.41) is 0. The van der Waals surface area contributed by atoms with Gasteiger partial charge < -0.3 is 10.3 Å². The van der Waals surface area contributed by atoms with Gasteiger partial charge in [-0.2, -0.15) is 0 Å². The zero-order chi connectivity index (χ0) is 13.4. The lowest BCUT2D eigenvalue weighted by Gasteiger charge is -2.30. The Bertz CT molecular complexity index is 315. The monoisotopic (exact) mass is 252 g/mol. The third-order valence-electron chi connectivity index (χ3n) is 3.24. The van der Waals surface area contributed by atoms with Crippen molar-refractivity contribution in [3.05, 3.63) is 18.2 Å². The molecule has 0 aliphatic rings. The molecule has 1 rings (SSSR count). The molecule has 0 spiro atoms. The highest BCUT2D eigenvalue weighted by molar-refractivity contribution is 5.06. The summed E-state index contributed by atoms with van der Waals surface area (Å²) in [7, 11) is 0. The molecule has 1 atom stereocenters. The van der Waals surface area contributed by atoms with Crippen LogP contribution in [-0.2, 0) is 6.54 Å². The van der Waals surface area contributed by atoms with Gasteiger partial charge in [-0.15, -0.1) is 0 Å². The van der Waals surface area contributed by atoms with E-state index in [0.29, 0.717) is 12.6 Å². The van der Waals surface area contributed by atoms with Crippen LogP contribution in [0.25, 0.3) is 0 Å². The maximum Gasteiger partial charge on any atom is 0.0948 e. The molecular weight excluding hydrogens is 224 g/mol. The molecule has 0 aromatic carbocycles. The van der Waals surface area contributed by atoms with Crippen LogP contribution in [0, 0.1) is 0 Å². The maximum atomic E-state index is 6.01. The Balaban J connectivity index is 2.87. The molecule has 1 heterocycles. The number of rotatable bonds is 9. The van der Waals surface area contributed by atoms with Crippen molar-refractivity contribution in [2.45, 2.75) is 52.6 Å². The van der Waals surface area contributed by atoms with Gasteiger partial charge >= 0.3 is 0 Å². The van der Waals surface area contributed by atoms with Gasteiger partial charge in [0.25, 0.3) is 0 Å². The Labute approximate surface area is 111 Å². The normalized spacial score (nSPS) is 13.2. The molecule has 1 aromatic heterocycles. The second kappa shape index (κ2) is 8.27. The van der Waals surface area contributed by atoms with Crippen molar-refractivity contribution < 1.29 is 0 Å². The Morgan fingerprint density at radius 1 is 1.22 bits per heavy atom. The van der Waals surface area contributed by atoms with Gasteiger partial charge in [0.2, 0.25) is 0 Å². The van der Waals surface area contributed by atoms with Crippen LogP contribution in [0.5, 0.6) is 0 Å². The standard InChI is InChI=1S/C14H28N4/c1-4-7-17(8-5-2)13(10-15)14-11-16-12-18(14)9-6-3/h11-13H,4-10,15H2,1-3H3. The van der Waals surface area contributed by atoms with Gasteiger partial charge in [-0.1, -0.05) is 20.8 Å². The third-order valence-corrected chi connectivity index (χ3v) is 3.24. The molecule has 0 amide bonds. The summed E-state index contributed by atoms with van der Waals surface area (Å²) >= 11 is 0. The second-order valence-corrected chi connectivity index (χ2v) is 4.80. The molecule has 0 radical (unpaired) electrons. The highest BCUT2D eigenvalue weighted by atomic mass is 15.2. The van der Waals surface area contributed by atoms with Crippen LogP contribution < -0.4 is 5.73 Å². The molecule has 4 heteroatoms. The molecule has 0 saturated heterocycles. The zero-order valence-electron chi connectivity index (χ0n) is 12.1. The van der Waals surface area contributed by atoms with E-state index < -0.39 is 0 Å². The summed E-state index contributed by atoms with van der Waals surface area (Å²) in [6, 6.07) is 0.305. The number of aryl methyl sites for hydroxylation is 1. The third kappa shape index (κ3) is 3.82. The molecule has 0 saturated carbocycles.